The Morgan fingerprint density at radius 1 is 1.06 bits per heavy atom. The van der Waals surface area contributed by atoms with Gasteiger partial charge in [0.15, 0.2) is 0 Å². The first-order valence-corrected chi connectivity index (χ1v) is 12.8. The van der Waals surface area contributed by atoms with Gasteiger partial charge in [0.1, 0.15) is 12.4 Å². The molecule has 1 N–H and O–H groups in total. The number of carbonyl (C=O) groups excluding carboxylic acids is 1. The molecule has 0 aliphatic carbocycles. The van der Waals surface area contributed by atoms with Gasteiger partial charge < -0.3 is 14.4 Å². The van der Waals surface area contributed by atoms with Crippen LogP contribution in [0.5, 0.6) is 5.75 Å². The highest BCUT2D eigenvalue weighted by Gasteiger charge is 2.27. The van der Waals surface area contributed by atoms with Crippen LogP contribution in [0, 0.1) is 12.8 Å². The van der Waals surface area contributed by atoms with E-state index in [0.29, 0.717) is 30.2 Å². The molecule has 9 heteroatoms. The second-order valence-corrected chi connectivity index (χ2v) is 10.8. The summed E-state index contributed by atoms with van der Waals surface area (Å²) in [6, 6.07) is 11.4. The number of rotatable bonds is 4. The third-order valence-corrected chi connectivity index (χ3v) is 7.74. The maximum Gasteiger partial charge on any atom is 0.261 e. The Kier molecular flexibility index (Phi) is 8.22. The first-order valence-electron chi connectivity index (χ1n) is 11.4. The molecule has 8 nitrogen and oxygen atoms in total. The van der Waals surface area contributed by atoms with E-state index in [1.54, 1.807) is 61.5 Å². The van der Waals surface area contributed by atoms with Crippen molar-refractivity contribution in [3.63, 3.8) is 0 Å². The Labute approximate surface area is 202 Å². The summed E-state index contributed by atoms with van der Waals surface area (Å²) in [5, 5.41) is 0. The van der Waals surface area contributed by atoms with Gasteiger partial charge in [-0.05, 0) is 51.1 Å². The average molecular weight is 490 g/mol. The summed E-state index contributed by atoms with van der Waals surface area (Å²) < 4.78 is 40.1. The molecule has 0 spiro atoms. The standard InChI is InChI=1S/C25H35N3O5S/c1-17-7-10-21(11-8-17)34(30,31)26-20-9-12-22-23(13-20)33-16-19(3)27(4)14-18(2)24(32-6)15-28(5)25(22)29/h7-13,18-19,24,26H,14-16H2,1-6H3/t18-,19-,24-/m0/s1. The third kappa shape index (κ3) is 6.08. The van der Waals surface area contributed by atoms with Crippen LogP contribution >= 0.6 is 0 Å². The second kappa shape index (κ2) is 10.8. The van der Waals surface area contributed by atoms with Crippen molar-refractivity contribution in [2.75, 3.05) is 45.6 Å². The van der Waals surface area contributed by atoms with Crippen molar-refractivity contribution < 1.29 is 22.7 Å². The van der Waals surface area contributed by atoms with Crippen LogP contribution in [0.3, 0.4) is 0 Å². The van der Waals surface area contributed by atoms with Crippen LogP contribution < -0.4 is 9.46 Å². The highest BCUT2D eigenvalue weighted by atomic mass is 32.2. The van der Waals surface area contributed by atoms with Crippen LogP contribution in [0.2, 0.25) is 0 Å². The predicted molar refractivity (Wildman–Crippen MR) is 133 cm³/mol. The molecule has 0 bridgehead atoms. The van der Waals surface area contributed by atoms with E-state index in [2.05, 4.69) is 23.5 Å². The minimum absolute atomic E-state index is 0.0768. The number of nitrogens with one attached hydrogen (secondary N) is 1. The molecule has 186 valence electrons. The van der Waals surface area contributed by atoms with Gasteiger partial charge in [0.2, 0.25) is 0 Å². The van der Waals surface area contributed by atoms with Gasteiger partial charge in [-0.3, -0.25) is 14.4 Å². The number of likely N-dealkylation sites (N-methyl/N-ethyl adjacent to an activating group) is 2. The molecule has 0 fully saturated rings. The molecule has 1 amide bonds. The summed E-state index contributed by atoms with van der Waals surface area (Å²) in [7, 11) is 1.65. The van der Waals surface area contributed by atoms with Crippen LogP contribution in [0.4, 0.5) is 5.69 Å². The van der Waals surface area contributed by atoms with Gasteiger partial charge in [0, 0.05) is 39.4 Å². The fourth-order valence-corrected chi connectivity index (χ4v) is 5.00. The van der Waals surface area contributed by atoms with Gasteiger partial charge in [-0.25, -0.2) is 8.42 Å². The lowest BCUT2D eigenvalue weighted by Crippen LogP contribution is -2.45. The Morgan fingerprint density at radius 2 is 1.74 bits per heavy atom. The van der Waals surface area contributed by atoms with Gasteiger partial charge in [-0.15, -0.1) is 0 Å². The SMILES string of the molecule is CO[C@H]1CN(C)C(=O)c2ccc(NS(=O)(=O)c3ccc(C)cc3)cc2OC[C@H](C)N(C)C[C@@H]1C. The van der Waals surface area contributed by atoms with Crippen LogP contribution in [-0.4, -0.2) is 77.2 Å². The quantitative estimate of drug-likeness (QED) is 0.710. The number of nitrogens with zero attached hydrogens (tertiary/aromatic N) is 2. The summed E-state index contributed by atoms with van der Waals surface area (Å²) in [5.41, 5.74) is 1.67. The lowest BCUT2D eigenvalue weighted by Gasteiger charge is -2.34. The largest absolute Gasteiger partial charge is 0.491 e. The maximum atomic E-state index is 13.3. The fourth-order valence-electron chi connectivity index (χ4n) is 3.95. The molecule has 0 saturated carbocycles. The van der Waals surface area contributed by atoms with Crippen molar-refractivity contribution in [2.45, 2.75) is 37.8 Å². The number of anilines is 1. The van der Waals surface area contributed by atoms with E-state index in [4.69, 9.17) is 9.47 Å². The number of fused-ring (bicyclic) bond motifs is 1. The first kappa shape index (κ1) is 26.0. The number of hydrogen-bond donors (Lipinski definition) is 1. The van der Waals surface area contributed by atoms with E-state index in [1.807, 2.05) is 14.0 Å². The monoisotopic (exact) mass is 489 g/mol. The molecule has 34 heavy (non-hydrogen) atoms. The molecule has 3 atom stereocenters. The number of ether oxygens (including phenoxy) is 2. The zero-order valence-corrected chi connectivity index (χ0v) is 21.6. The number of amides is 1. The third-order valence-electron chi connectivity index (χ3n) is 6.34. The molecule has 2 aromatic carbocycles. The van der Waals surface area contributed by atoms with Crippen LogP contribution in [0.1, 0.15) is 29.8 Å². The van der Waals surface area contributed by atoms with E-state index in [0.717, 1.165) is 12.1 Å². The van der Waals surface area contributed by atoms with Gasteiger partial charge in [0.25, 0.3) is 15.9 Å². The number of hydrogen-bond acceptors (Lipinski definition) is 6. The summed E-state index contributed by atoms with van der Waals surface area (Å²) >= 11 is 0. The van der Waals surface area contributed by atoms with E-state index >= 15 is 0 Å². The second-order valence-electron chi connectivity index (χ2n) is 9.17. The van der Waals surface area contributed by atoms with Crippen LogP contribution in [0.25, 0.3) is 0 Å². The molecule has 0 unspecified atom stereocenters. The number of methoxy groups -OCH3 is 1. The zero-order valence-electron chi connectivity index (χ0n) is 20.7. The van der Waals surface area contributed by atoms with Crippen molar-refractivity contribution in [3.8, 4) is 5.75 Å². The van der Waals surface area contributed by atoms with Gasteiger partial charge in [-0.1, -0.05) is 24.6 Å². The Morgan fingerprint density at radius 3 is 2.38 bits per heavy atom. The van der Waals surface area contributed by atoms with Gasteiger partial charge in [0.05, 0.1) is 22.3 Å². The molecule has 1 aliphatic heterocycles. The predicted octanol–water partition coefficient (Wildman–Crippen LogP) is 3.23. The molecule has 1 aliphatic rings. The number of aryl methyl sites for hydroxylation is 1. The van der Waals surface area contributed by atoms with E-state index in [9.17, 15) is 13.2 Å². The maximum absolute atomic E-state index is 13.3. The minimum Gasteiger partial charge on any atom is -0.491 e. The molecule has 1 heterocycles. The van der Waals surface area contributed by atoms with Crippen molar-refractivity contribution in [1.82, 2.24) is 9.80 Å². The molecule has 2 aromatic rings. The number of carbonyl (C=O) groups is 1. The molecular formula is C25H35N3O5S. The van der Waals surface area contributed by atoms with Crippen molar-refractivity contribution in [3.05, 3.63) is 53.6 Å². The molecule has 0 aromatic heterocycles. The summed E-state index contributed by atoms with van der Waals surface area (Å²) in [6.45, 7) is 7.63. The Hall–Kier alpha value is -2.62. The summed E-state index contributed by atoms with van der Waals surface area (Å²) in [5.74, 6) is 0.340. The topological polar surface area (TPSA) is 88.2 Å². The normalized spacial score (nSPS) is 22.8. The lowest BCUT2D eigenvalue weighted by atomic mass is 10.0. The minimum atomic E-state index is -3.78. The zero-order chi connectivity index (χ0) is 25.0. The van der Waals surface area contributed by atoms with Crippen LogP contribution in [-0.2, 0) is 14.8 Å². The molecular weight excluding hydrogens is 454 g/mol. The Bertz CT molecular complexity index is 1100. The fraction of sp³-hybridized carbons (Fsp3) is 0.480. The number of benzene rings is 2. The van der Waals surface area contributed by atoms with E-state index < -0.39 is 10.0 Å². The number of sulfonamides is 1. The average Bonchev–Trinajstić information content (AvgIpc) is 2.79. The first-order chi connectivity index (χ1) is 16.0. The van der Waals surface area contributed by atoms with E-state index in [-0.39, 0.29) is 28.9 Å². The Balaban J connectivity index is 1.94. The molecule has 0 radical (unpaired) electrons. The smallest absolute Gasteiger partial charge is 0.261 e. The van der Waals surface area contributed by atoms with Crippen molar-refractivity contribution in [1.29, 1.82) is 0 Å². The lowest BCUT2D eigenvalue weighted by molar-refractivity contribution is 0.0150. The van der Waals surface area contributed by atoms with Gasteiger partial charge >= 0.3 is 0 Å². The van der Waals surface area contributed by atoms with Crippen molar-refractivity contribution >= 4 is 21.6 Å². The molecule has 3 rings (SSSR count). The van der Waals surface area contributed by atoms with Crippen LogP contribution in [0.15, 0.2) is 47.4 Å². The highest BCUT2D eigenvalue weighted by Crippen LogP contribution is 2.28. The molecule has 0 saturated heterocycles. The van der Waals surface area contributed by atoms with E-state index in [1.165, 1.54) is 0 Å². The van der Waals surface area contributed by atoms with Crippen molar-refractivity contribution in [2.24, 2.45) is 5.92 Å². The summed E-state index contributed by atoms with van der Waals surface area (Å²) in [4.78, 5) is 17.2. The summed E-state index contributed by atoms with van der Waals surface area (Å²) in [6.07, 6.45) is -0.118. The van der Waals surface area contributed by atoms with Gasteiger partial charge in [-0.2, -0.15) is 0 Å². The highest BCUT2D eigenvalue weighted by molar-refractivity contribution is 7.92.